The third-order valence-corrected chi connectivity index (χ3v) is 4.63. The number of anilines is 1. The number of rotatable bonds is 3. The van der Waals surface area contributed by atoms with Gasteiger partial charge < -0.3 is 5.32 Å². The lowest BCUT2D eigenvalue weighted by atomic mass is 10.2. The number of amides is 1. The largest absolute Gasteiger partial charge is 0.303 e. The van der Waals surface area contributed by atoms with Crippen molar-refractivity contribution >= 4 is 11.7 Å². The molecule has 4 rings (SSSR count). The maximum Gasteiger partial charge on any atom is 0.277 e. The molecule has 1 aliphatic rings. The number of hydrogen-bond acceptors (Lipinski definition) is 3. The van der Waals surface area contributed by atoms with Crippen molar-refractivity contribution in [3.8, 4) is 5.69 Å². The first-order chi connectivity index (χ1) is 11.6. The van der Waals surface area contributed by atoms with Gasteiger partial charge in [0.2, 0.25) is 0 Å². The molecule has 2 N–H and O–H groups in total. The summed E-state index contributed by atoms with van der Waals surface area (Å²) in [4.78, 5) is 12.7. The lowest BCUT2D eigenvalue weighted by Gasteiger charge is -2.04. The summed E-state index contributed by atoms with van der Waals surface area (Å²) < 4.78 is 1.90. The summed E-state index contributed by atoms with van der Waals surface area (Å²) in [5.41, 5.74) is 5.59. The summed E-state index contributed by atoms with van der Waals surface area (Å²) in [6, 6.07) is 9.95. The van der Waals surface area contributed by atoms with Gasteiger partial charge in [-0.2, -0.15) is 10.2 Å². The molecule has 0 aliphatic heterocycles. The highest BCUT2D eigenvalue weighted by Gasteiger charge is 2.27. The van der Waals surface area contributed by atoms with Crippen molar-refractivity contribution in [2.45, 2.75) is 33.1 Å². The van der Waals surface area contributed by atoms with E-state index in [9.17, 15) is 4.79 Å². The number of H-pyrrole nitrogens is 1. The predicted octanol–water partition coefficient (Wildman–Crippen LogP) is 2.95. The molecule has 0 unspecified atom stereocenters. The van der Waals surface area contributed by atoms with Crippen LogP contribution in [0.5, 0.6) is 0 Å². The van der Waals surface area contributed by atoms with Crippen molar-refractivity contribution in [2.24, 2.45) is 0 Å². The van der Waals surface area contributed by atoms with Crippen molar-refractivity contribution < 1.29 is 4.79 Å². The number of hydrogen-bond donors (Lipinski definition) is 2. The first-order valence-corrected chi connectivity index (χ1v) is 8.14. The van der Waals surface area contributed by atoms with Gasteiger partial charge in [0.25, 0.3) is 5.91 Å². The zero-order chi connectivity index (χ0) is 16.7. The highest BCUT2D eigenvalue weighted by Crippen LogP contribution is 2.28. The molecule has 0 saturated heterocycles. The van der Waals surface area contributed by atoms with E-state index in [0.717, 1.165) is 47.5 Å². The van der Waals surface area contributed by atoms with Crippen molar-refractivity contribution in [1.82, 2.24) is 20.0 Å². The Morgan fingerprint density at radius 2 is 2.00 bits per heavy atom. The number of para-hydroxylation sites is 1. The van der Waals surface area contributed by atoms with Gasteiger partial charge in [-0.05, 0) is 45.2 Å². The quantitative estimate of drug-likeness (QED) is 0.779. The van der Waals surface area contributed by atoms with Gasteiger partial charge in [0, 0.05) is 22.5 Å². The number of aryl methyl sites for hydroxylation is 1. The summed E-state index contributed by atoms with van der Waals surface area (Å²) >= 11 is 0. The van der Waals surface area contributed by atoms with Crippen molar-refractivity contribution in [3.63, 3.8) is 0 Å². The Balaban J connectivity index is 1.71. The van der Waals surface area contributed by atoms with E-state index in [2.05, 4.69) is 20.6 Å². The topological polar surface area (TPSA) is 75.6 Å². The van der Waals surface area contributed by atoms with Crippen LogP contribution in [0.15, 0.2) is 30.3 Å². The van der Waals surface area contributed by atoms with Gasteiger partial charge in [0.1, 0.15) is 0 Å². The maximum atomic E-state index is 12.7. The van der Waals surface area contributed by atoms with Gasteiger partial charge in [-0.15, -0.1) is 0 Å². The Morgan fingerprint density at radius 1 is 1.21 bits per heavy atom. The van der Waals surface area contributed by atoms with Crippen LogP contribution in [0.1, 0.15) is 39.4 Å². The highest BCUT2D eigenvalue weighted by atomic mass is 16.2. The molecule has 0 bridgehead atoms. The fourth-order valence-electron chi connectivity index (χ4n) is 3.18. The van der Waals surface area contributed by atoms with Crippen LogP contribution in [-0.2, 0) is 12.8 Å². The fourth-order valence-corrected chi connectivity index (χ4v) is 3.18. The third kappa shape index (κ3) is 2.31. The first-order valence-electron chi connectivity index (χ1n) is 8.14. The maximum absolute atomic E-state index is 12.7. The van der Waals surface area contributed by atoms with Gasteiger partial charge in [0.15, 0.2) is 11.5 Å². The van der Waals surface area contributed by atoms with Gasteiger partial charge in [-0.1, -0.05) is 18.2 Å². The fraction of sp³-hybridized carbons (Fsp3) is 0.278. The van der Waals surface area contributed by atoms with E-state index >= 15 is 0 Å². The molecule has 0 atom stereocenters. The van der Waals surface area contributed by atoms with Crippen molar-refractivity contribution in [1.29, 1.82) is 0 Å². The Kier molecular flexibility index (Phi) is 3.45. The van der Waals surface area contributed by atoms with Crippen LogP contribution in [0.4, 0.5) is 5.82 Å². The summed E-state index contributed by atoms with van der Waals surface area (Å²) in [5.74, 6) is 0.371. The summed E-state index contributed by atoms with van der Waals surface area (Å²) in [7, 11) is 0. The summed E-state index contributed by atoms with van der Waals surface area (Å²) in [5, 5.41) is 14.5. The Morgan fingerprint density at radius 3 is 2.71 bits per heavy atom. The number of benzene rings is 1. The molecular weight excluding hydrogens is 302 g/mol. The molecule has 1 aromatic carbocycles. The minimum Gasteiger partial charge on any atom is -0.303 e. The predicted molar refractivity (Wildman–Crippen MR) is 91.6 cm³/mol. The molecule has 0 fully saturated rings. The number of aromatic amines is 1. The molecule has 2 heterocycles. The van der Waals surface area contributed by atoms with Crippen LogP contribution >= 0.6 is 0 Å². The minimum absolute atomic E-state index is 0.197. The van der Waals surface area contributed by atoms with E-state index in [1.54, 1.807) is 0 Å². The van der Waals surface area contributed by atoms with E-state index in [0.29, 0.717) is 11.5 Å². The average Bonchev–Trinajstić information content (AvgIpc) is 3.27. The Bertz CT molecular complexity index is 907. The van der Waals surface area contributed by atoms with Crippen LogP contribution in [-0.4, -0.2) is 25.9 Å². The summed E-state index contributed by atoms with van der Waals surface area (Å²) in [6.07, 6.45) is 2.90. The molecule has 6 nitrogen and oxygen atoms in total. The van der Waals surface area contributed by atoms with Crippen molar-refractivity contribution in [2.75, 3.05) is 5.32 Å². The molecule has 0 spiro atoms. The minimum atomic E-state index is -0.197. The van der Waals surface area contributed by atoms with Gasteiger partial charge >= 0.3 is 0 Å². The van der Waals surface area contributed by atoms with Crippen LogP contribution in [0, 0.1) is 13.8 Å². The lowest BCUT2D eigenvalue weighted by Crippen LogP contribution is -2.15. The van der Waals surface area contributed by atoms with Crippen LogP contribution in [0.3, 0.4) is 0 Å². The Hall–Kier alpha value is -2.89. The SMILES string of the molecule is Cc1[nH]nc(NC(=O)c2nn(-c3ccccc3)c3c2CCC3)c1C. The molecule has 122 valence electrons. The monoisotopic (exact) mass is 321 g/mol. The number of carbonyl (C=O) groups excluding carboxylic acids is 1. The molecule has 6 heteroatoms. The molecule has 1 aliphatic carbocycles. The van der Waals surface area contributed by atoms with E-state index in [-0.39, 0.29) is 5.91 Å². The normalized spacial score (nSPS) is 13.1. The molecule has 0 radical (unpaired) electrons. The van der Waals surface area contributed by atoms with E-state index in [1.807, 2.05) is 48.9 Å². The second kappa shape index (κ2) is 5.63. The average molecular weight is 321 g/mol. The molecule has 0 saturated carbocycles. The lowest BCUT2D eigenvalue weighted by molar-refractivity contribution is 0.102. The van der Waals surface area contributed by atoms with Gasteiger partial charge in [0.05, 0.1) is 5.69 Å². The van der Waals surface area contributed by atoms with Crippen LogP contribution in [0.25, 0.3) is 5.69 Å². The van der Waals surface area contributed by atoms with Crippen LogP contribution < -0.4 is 5.32 Å². The zero-order valence-corrected chi connectivity index (χ0v) is 13.8. The first kappa shape index (κ1) is 14.7. The van der Waals surface area contributed by atoms with E-state index < -0.39 is 0 Å². The molecule has 1 amide bonds. The standard InChI is InChI=1S/C18H19N5O/c1-11-12(2)20-21-17(11)19-18(24)16-14-9-6-10-15(14)23(22-16)13-7-4-3-5-8-13/h3-5,7-8H,6,9-10H2,1-2H3,(H2,19,20,21,24). The van der Waals surface area contributed by atoms with Crippen molar-refractivity contribution in [3.05, 3.63) is 58.5 Å². The van der Waals surface area contributed by atoms with E-state index in [4.69, 9.17) is 0 Å². The molecule has 2 aromatic heterocycles. The summed E-state index contributed by atoms with van der Waals surface area (Å²) in [6.45, 7) is 3.86. The number of fused-ring (bicyclic) bond motifs is 1. The second-order valence-corrected chi connectivity index (χ2v) is 6.15. The number of nitrogens with one attached hydrogen (secondary N) is 2. The molecule has 24 heavy (non-hydrogen) atoms. The highest BCUT2D eigenvalue weighted by molar-refractivity contribution is 6.04. The van der Waals surface area contributed by atoms with E-state index in [1.165, 1.54) is 0 Å². The van der Waals surface area contributed by atoms with Crippen LogP contribution in [0.2, 0.25) is 0 Å². The molecular formula is C18H19N5O. The number of nitrogens with zero attached hydrogens (tertiary/aromatic N) is 3. The Labute approximate surface area is 139 Å². The smallest absolute Gasteiger partial charge is 0.277 e. The third-order valence-electron chi connectivity index (χ3n) is 4.63. The molecule has 3 aromatic rings. The second-order valence-electron chi connectivity index (χ2n) is 6.15. The zero-order valence-electron chi connectivity index (χ0n) is 13.8. The number of aromatic nitrogens is 4. The van der Waals surface area contributed by atoms with Gasteiger partial charge in [-0.3, -0.25) is 9.89 Å². The van der Waals surface area contributed by atoms with Gasteiger partial charge in [-0.25, -0.2) is 4.68 Å². The number of carbonyl (C=O) groups is 1.